The van der Waals surface area contributed by atoms with Crippen LogP contribution in [0.15, 0.2) is 54.6 Å². The van der Waals surface area contributed by atoms with Gasteiger partial charge in [0.25, 0.3) is 0 Å². The third-order valence-electron chi connectivity index (χ3n) is 4.39. The first-order chi connectivity index (χ1) is 12.6. The molecule has 0 spiro atoms. The van der Waals surface area contributed by atoms with Crippen LogP contribution in [0.3, 0.4) is 0 Å². The number of hydrogen-bond acceptors (Lipinski definition) is 3. The Hall–Kier alpha value is -2.16. The Morgan fingerprint density at radius 1 is 1.11 bits per heavy atom. The summed E-state index contributed by atoms with van der Waals surface area (Å²) >= 11 is 11.0. The Morgan fingerprint density at radius 3 is 2.30 bits per heavy atom. The van der Waals surface area contributed by atoms with Crippen LogP contribution >= 0.6 is 23.8 Å². The predicted octanol–water partition coefficient (Wildman–Crippen LogP) is 3.61. The zero-order valence-corrected chi connectivity index (χ0v) is 15.2. The lowest BCUT2D eigenvalue weighted by molar-refractivity contribution is -0.285. The van der Waals surface area contributed by atoms with Gasteiger partial charge in [-0.05, 0) is 23.8 Å². The summed E-state index contributed by atoms with van der Waals surface area (Å²) in [5.74, 6) is -2.87. The summed E-state index contributed by atoms with van der Waals surface area (Å²) in [5.41, 5.74) is -3.31. The van der Waals surface area contributed by atoms with Crippen LogP contribution in [0.1, 0.15) is 22.0 Å². The van der Waals surface area contributed by atoms with Gasteiger partial charge in [0, 0.05) is 10.6 Å². The van der Waals surface area contributed by atoms with Crippen LogP contribution in [0.5, 0.6) is 0 Å². The number of alkyl halides is 3. The summed E-state index contributed by atoms with van der Waals surface area (Å²) in [4.78, 5) is 13.0. The first-order valence-electron chi connectivity index (χ1n) is 7.86. The fraction of sp³-hybridized carbons (Fsp3) is 0.222. The summed E-state index contributed by atoms with van der Waals surface area (Å²) in [6, 6.07) is 12.3. The van der Waals surface area contributed by atoms with Crippen molar-refractivity contribution in [2.45, 2.75) is 17.9 Å². The van der Waals surface area contributed by atoms with E-state index in [1.165, 1.54) is 36.4 Å². The zero-order valence-electron chi connectivity index (χ0n) is 13.6. The highest BCUT2D eigenvalue weighted by Gasteiger charge is 2.65. The summed E-state index contributed by atoms with van der Waals surface area (Å²) in [6.45, 7) is 0. The Bertz CT molecular complexity index is 878. The number of carbonyl (C=O) groups excluding carboxylic acids is 1. The molecule has 4 nitrogen and oxygen atoms in total. The number of thiocarbonyl (C=S) groups is 1. The molecule has 0 radical (unpaired) electrons. The van der Waals surface area contributed by atoms with Gasteiger partial charge in [0.1, 0.15) is 5.92 Å². The van der Waals surface area contributed by atoms with E-state index >= 15 is 0 Å². The van der Waals surface area contributed by atoms with E-state index < -0.39 is 34.8 Å². The van der Waals surface area contributed by atoms with Gasteiger partial charge >= 0.3 is 6.18 Å². The molecule has 3 N–H and O–H groups in total. The standard InChI is InChI=1S/C18H14ClF3N2O2S/c19-12-9-5-4-8-11(12)14-13(15(25)10-6-2-1-3-7-10)17(26,18(20,21)22)24-16(27)23-14/h1-9,13-14,26H,(H2,23,24,27)/t13-,14-,17-/m0/s1. The van der Waals surface area contributed by atoms with Crippen LogP contribution in [-0.2, 0) is 0 Å². The molecule has 3 atom stereocenters. The average molecular weight is 415 g/mol. The first kappa shape index (κ1) is 19.6. The normalized spacial score (nSPS) is 25.4. The molecule has 0 amide bonds. The topological polar surface area (TPSA) is 61.4 Å². The van der Waals surface area contributed by atoms with Gasteiger partial charge in [0.05, 0.1) is 6.04 Å². The van der Waals surface area contributed by atoms with Crippen LogP contribution in [0.2, 0.25) is 5.02 Å². The highest BCUT2D eigenvalue weighted by molar-refractivity contribution is 7.80. The largest absolute Gasteiger partial charge is 0.437 e. The number of nitrogens with one attached hydrogen (secondary N) is 2. The summed E-state index contributed by atoms with van der Waals surface area (Å²) in [6.07, 6.45) is -5.17. The number of ketones is 1. The lowest BCUT2D eigenvalue weighted by Crippen LogP contribution is -2.72. The minimum Gasteiger partial charge on any atom is -0.363 e. The van der Waals surface area contributed by atoms with Gasteiger partial charge in [0.2, 0.25) is 5.72 Å². The van der Waals surface area contributed by atoms with Gasteiger partial charge in [0.15, 0.2) is 10.9 Å². The molecule has 9 heteroatoms. The molecular weight excluding hydrogens is 401 g/mol. The van der Waals surface area contributed by atoms with Crippen molar-refractivity contribution in [2.75, 3.05) is 0 Å². The van der Waals surface area contributed by atoms with E-state index in [0.29, 0.717) is 0 Å². The quantitative estimate of drug-likeness (QED) is 0.529. The molecular formula is C18H14ClF3N2O2S. The smallest absolute Gasteiger partial charge is 0.363 e. The van der Waals surface area contributed by atoms with Crippen LogP contribution in [0.4, 0.5) is 13.2 Å². The third-order valence-corrected chi connectivity index (χ3v) is 4.95. The van der Waals surface area contributed by atoms with E-state index in [4.69, 9.17) is 23.8 Å². The van der Waals surface area contributed by atoms with Crippen molar-refractivity contribution in [3.05, 3.63) is 70.7 Å². The molecule has 142 valence electrons. The van der Waals surface area contributed by atoms with Crippen LogP contribution in [-0.4, -0.2) is 27.9 Å². The third kappa shape index (κ3) is 3.52. The van der Waals surface area contributed by atoms with Crippen LogP contribution in [0, 0.1) is 5.92 Å². The number of carbonyl (C=O) groups is 1. The summed E-state index contributed by atoms with van der Waals surface area (Å²) < 4.78 is 41.5. The highest BCUT2D eigenvalue weighted by atomic mass is 35.5. The van der Waals surface area contributed by atoms with E-state index in [-0.39, 0.29) is 16.1 Å². The summed E-state index contributed by atoms with van der Waals surface area (Å²) in [7, 11) is 0. The fourth-order valence-electron chi connectivity index (χ4n) is 3.11. The number of aliphatic hydroxyl groups is 1. The molecule has 0 unspecified atom stereocenters. The van der Waals surface area contributed by atoms with Gasteiger partial charge in [-0.3, -0.25) is 4.79 Å². The van der Waals surface area contributed by atoms with Crippen molar-refractivity contribution in [3.8, 4) is 0 Å². The molecule has 1 fully saturated rings. The van der Waals surface area contributed by atoms with Crippen molar-refractivity contribution in [1.82, 2.24) is 10.6 Å². The Balaban J connectivity index is 2.19. The van der Waals surface area contributed by atoms with E-state index in [9.17, 15) is 23.1 Å². The second kappa shape index (κ2) is 7.10. The number of halogens is 4. The molecule has 0 bridgehead atoms. The van der Waals surface area contributed by atoms with Crippen LogP contribution in [0.25, 0.3) is 0 Å². The Kier molecular flexibility index (Phi) is 5.16. The lowest BCUT2D eigenvalue weighted by Gasteiger charge is -2.46. The number of rotatable bonds is 3. The van der Waals surface area contributed by atoms with Crippen molar-refractivity contribution in [3.63, 3.8) is 0 Å². The minimum atomic E-state index is -5.17. The fourth-order valence-corrected chi connectivity index (χ4v) is 3.64. The van der Waals surface area contributed by atoms with Crippen LogP contribution < -0.4 is 10.6 Å². The van der Waals surface area contributed by atoms with Crippen molar-refractivity contribution < 1.29 is 23.1 Å². The maximum absolute atomic E-state index is 13.8. The Labute approximate surface area is 163 Å². The number of hydrogen-bond donors (Lipinski definition) is 3. The van der Waals surface area contributed by atoms with Crippen molar-refractivity contribution in [2.24, 2.45) is 5.92 Å². The highest BCUT2D eigenvalue weighted by Crippen LogP contribution is 2.45. The van der Waals surface area contributed by atoms with E-state index in [2.05, 4.69) is 5.32 Å². The number of benzene rings is 2. The van der Waals surface area contributed by atoms with Crippen molar-refractivity contribution >= 4 is 34.7 Å². The molecule has 1 saturated heterocycles. The van der Waals surface area contributed by atoms with Crippen molar-refractivity contribution in [1.29, 1.82) is 0 Å². The predicted molar refractivity (Wildman–Crippen MR) is 98.3 cm³/mol. The molecule has 2 aromatic rings. The van der Waals surface area contributed by atoms with E-state index in [1.54, 1.807) is 18.2 Å². The van der Waals surface area contributed by atoms with Gasteiger partial charge in [-0.2, -0.15) is 13.2 Å². The second-order valence-electron chi connectivity index (χ2n) is 6.07. The molecule has 1 heterocycles. The maximum Gasteiger partial charge on any atom is 0.437 e. The average Bonchev–Trinajstić information content (AvgIpc) is 2.61. The van der Waals surface area contributed by atoms with Gasteiger partial charge in [-0.15, -0.1) is 0 Å². The molecule has 3 rings (SSSR count). The molecule has 2 aromatic carbocycles. The maximum atomic E-state index is 13.8. The SMILES string of the molecule is O=C(c1ccccc1)[C@@H]1[C@H](c2ccccc2Cl)NC(=S)N[C@@]1(O)C(F)(F)F. The van der Waals surface area contributed by atoms with E-state index in [0.717, 1.165) is 0 Å². The lowest BCUT2D eigenvalue weighted by atomic mass is 9.77. The van der Waals surface area contributed by atoms with Gasteiger partial charge in [-0.25, -0.2) is 0 Å². The minimum absolute atomic E-state index is 0.0265. The molecule has 27 heavy (non-hydrogen) atoms. The first-order valence-corrected chi connectivity index (χ1v) is 8.65. The molecule has 0 saturated carbocycles. The molecule has 1 aliphatic heterocycles. The van der Waals surface area contributed by atoms with Gasteiger partial charge < -0.3 is 15.7 Å². The zero-order chi connectivity index (χ0) is 19.8. The molecule has 1 aliphatic rings. The summed E-state index contributed by atoms with van der Waals surface area (Å²) in [5, 5.41) is 14.8. The van der Waals surface area contributed by atoms with Gasteiger partial charge in [-0.1, -0.05) is 60.1 Å². The van der Waals surface area contributed by atoms with E-state index in [1.807, 2.05) is 5.32 Å². The monoisotopic (exact) mass is 414 g/mol. The number of Topliss-reactive ketones (excluding diaryl/α,β-unsaturated/α-hetero) is 1. The molecule has 0 aromatic heterocycles. The second-order valence-corrected chi connectivity index (χ2v) is 6.89. The molecule has 0 aliphatic carbocycles. The Morgan fingerprint density at radius 2 is 1.70 bits per heavy atom.